The van der Waals surface area contributed by atoms with E-state index in [2.05, 4.69) is 20.4 Å². The minimum absolute atomic E-state index is 0.0193. The molecule has 2 rings (SSSR count). The molecular formula is C9H13N5O. The van der Waals surface area contributed by atoms with Gasteiger partial charge in [0.1, 0.15) is 5.52 Å². The minimum Gasteiger partial charge on any atom is -0.395 e. The summed E-state index contributed by atoms with van der Waals surface area (Å²) < 4.78 is 0. The predicted octanol–water partition coefficient (Wildman–Crippen LogP) is -0.438. The Morgan fingerprint density at radius 1 is 1.53 bits per heavy atom. The van der Waals surface area contributed by atoms with Gasteiger partial charge in [-0.3, -0.25) is 0 Å². The van der Waals surface area contributed by atoms with Crippen molar-refractivity contribution in [3.8, 4) is 0 Å². The Hall–Kier alpha value is -1.53. The lowest BCUT2D eigenvalue weighted by Crippen LogP contribution is -2.35. The van der Waals surface area contributed by atoms with Crippen molar-refractivity contribution in [1.29, 1.82) is 0 Å². The number of aromatic nitrogens is 4. The number of rotatable bonds is 3. The number of nitrogens with one attached hydrogen (secondary N) is 1. The normalized spacial score (nSPS) is 15.4. The van der Waals surface area contributed by atoms with Crippen molar-refractivity contribution in [3.63, 3.8) is 0 Å². The van der Waals surface area contributed by atoms with Crippen LogP contribution in [0.1, 0.15) is 12.5 Å². The summed E-state index contributed by atoms with van der Waals surface area (Å²) >= 11 is 0. The summed E-state index contributed by atoms with van der Waals surface area (Å²) in [6.07, 6.45) is 1.67. The number of aromatic amines is 1. The molecule has 2 aromatic heterocycles. The van der Waals surface area contributed by atoms with Crippen LogP contribution in [0.15, 0.2) is 12.3 Å². The van der Waals surface area contributed by atoms with Gasteiger partial charge < -0.3 is 10.8 Å². The zero-order chi connectivity index (χ0) is 10.9. The second-order valence-corrected chi connectivity index (χ2v) is 3.81. The molecule has 0 aliphatic rings. The van der Waals surface area contributed by atoms with E-state index >= 15 is 0 Å². The van der Waals surface area contributed by atoms with E-state index in [1.54, 1.807) is 6.20 Å². The van der Waals surface area contributed by atoms with Crippen LogP contribution >= 0.6 is 0 Å². The molecule has 0 bridgehead atoms. The Bertz CT molecular complexity index is 462. The van der Waals surface area contributed by atoms with E-state index in [0.29, 0.717) is 17.7 Å². The maximum Gasteiger partial charge on any atom is 0.201 e. The summed E-state index contributed by atoms with van der Waals surface area (Å²) in [7, 11) is 0. The first-order chi connectivity index (χ1) is 7.19. The first-order valence-corrected chi connectivity index (χ1v) is 4.67. The number of nitrogens with zero attached hydrogens (tertiary/aromatic N) is 3. The molecule has 6 nitrogen and oxygen atoms in total. The fourth-order valence-electron chi connectivity index (χ4n) is 1.34. The first kappa shape index (κ1) is 10.0. The van der Waals surface area contributed by atoms with Gasteiger partial charge in [0.2, 0.25) is 5.65 Å². The largest absolute Gasteiger partial charge is 0.395 e. The number of nitrogens with two attached hydrogens (primary N) is 1. The molecular weight excluding hydrogens is 194 g/mol. The highest BCUT2D eigenvalue weighted by atomic mass is 16.3. The number of aliphatic hydroxyl groups excluding tert-OH is 1. The molecule has 0 aliphatic carbocycles. The minimum atomic E-state index is -0.472. The van der Waals surface area contributed by atoms with Crippen molar-refractivity contribution in [2.24, 2.45) is 5.73 Å². The quantitative estimate of drug-likeness (QED) is 0.633. The molecule has 15 heavy (non-hydrogen) atoms. The summed E-state index contributed by atoms with van der Waals surface area (Å²) in [6, 6.07) is 1.84. The predicted molar refractivity (Wildman–Crippen MR) is 55.2 cm³/mol. The molecule has 0 aromatic carbocycles. The first-order valence-electron chi connectivity index (χ1n) is 4.67. The zero-order valence-electron chi connectivity index (χ0n) is 8.44. The number of fused-ring (bicyclic) bond motifs is 1. The van der Waals surface area contributed by atoms with Crippen LogP contribution in [0.25, 0.3) is 11.2 Å². The van der Waals surface area contributed by atoms with Crippen LogP contribution in [0.4, 0.5) is 0 Å². The second-order valence-electron chi connectivity index (χ2n) is 3.81. The monoisotopic (exact) mass is 207 g/mol. The Morgan fingerprint density at radius 2 is 2.33 bits per heavy atom. The number of hydrogen-bond acceptors (Lipinski definition) is 5. The highest BCUT2D eigenvalue weighted by Gasteiger charge is 2.25. The van der Waals surface area contributed by atoms with Gasteiger partial charge in [-0.05, 0) is 11.6 Å². The van der Waals surface area contributed by atoms with Gasteiger partial charge in [0.15, 0.2) is 0 Å². The lowest BCUT2D eigenvalue weighted by Gasteiger charge is -2.25. The van der Waals surface area contributed by atoms with Gasteiger partial charge >= 0.3 is 0 Å². The second kappa shape index (κ2) is 3.56. The van der Waals surface area contributed by atoms with Crippen molar-refractivity contribution < 1.29 is 5.11 Å². The van der Waals surface area contributed by atoms with Crippen molar-refractivity contribution >= 4 is 11.2 Å². The van der Waals surface area contributed by atoms with E-state index in [0.717, 1.165) is 5.56 Å². The van der Waals surface area contributed by atoms with E-state index in [9.17, 15) is 5.11 Å². The van der Waals surface area contributed by atoms with Crippen molar-refractivity contribution in [3.05, 3.63) is 17.8 Å². The summed E-state index contributed by atoms with van der Waals surface area (Å²) in [5.41, 5.74) is 7.28. The molecule has 1 atom stereocenters. The number of hydrogen-bond donors (Lipinski definition) is 3. The third-order valence-corrected chi connectivity index (χ3v) is 2.67. The van der Waals surface area contributed by atoms with E-state index < -0.39 is 5.41 Å². The molecule has 0 radical (unpaired) electrons. The van der Waals surface area contributed by atoms with Gasteiger partial charge in [0, 0.05) is 18.2 Å². The van der Waals surface area contributed by atoms with E-state index in [4.69, 9.17) is 5.73 Å². The fraction of sp³-hybridized carbons (Fsp3) is 0.444. The average Bonchev–Trinajstić information content (AvgIpc) is 2.74. The smallest absolute Gasteiger partial charge is 0.201 e. The highest BCUT2D eigenvalue weighted by Crippen LogP contribution is 2.22. The molecule has 4 N–H and O–H groups in total. The maximum atomic E-state index is 9.31. The van der Waals surface area contributed by atoms with Crippen LogP contribution < -0.4 is 5.73 Å². The van der Waals surface area contributed by atoms with Gasteiger partial charge in [0.05, 0.1) is 6.61 Å². The van der Waals surface area contributed by atoms with Gasteiger partial charge in [-0.25, -0.2) is 4.98 Å². The van der Waals surface area contributed by atoms with Gasteiger partial charge in [-0.15, -0.1) is 5.10 Å². The van der Waals surface area contributed by atoms with E-state index in [1.165, 1.54) is 0 Å². The third kappa shape index (κ3) is 1.57. The van der Waals surface area contributed by atoms with Crippen LogP contribution in [0.5, 0.6) is 0 Å². The molecule has 2 aromatic rings. The summed E-state index contributed by atoms with van der Waals surface area (Å²) in [6.45, 7) is 2.22. The van der Waals surface area contributed by atoms with Crippen LogP contribution in [-0.2, 0) is 5.41 Å². The lowest BCUT2D eigenvalue weighted by molar-refractivity contribution is 0.210. The Balaban J connectivity index is 2.51. The number of H-pyrrole nitrogens is 1. The molecule has 6 heteroatoms. The fourth-order valence-corrected chi connectivity index (χ4v) is 1.34. The van der Waals surface area contributed by atoms with Gasteiger partial charge in [-0.2, -0.15) is 10.3 Å². The number of aliphatic hydroxyl groups is 1. The van der Waals surface area contributed by atoms with Gasteiger partial charge in [0.25, 0.3) is 0 Å². The molecule has 80 valence electrons. The molecule has 0 saturated carbocycles. The SMILES string of the molecule is CC(CN)(CO)c1cnc2n[nH]nc2c1. The van der Waals surface area contributed by atoms with Crippen molar-refractivity contribution in [2.75, 3.05) is 13.2 Å². The third-order valence-electron chi connectivity index (χ3n) is 2.67. The summed E-state index contributed by atoms with van der Waals surface area (Å²) in [5.74, 6) is 0. The molecule has 0 aliphatic heterocycles. The summed E-state index contributed by atoms with van der Waals surface area (Å²) in [4.78, 5) is 4.13. The topological polar surface area (TPSA) is 101 Å². The summed E-state index contributed by atoms with van der Waals surface area (Å²) in [5, 5.41) is 19.6. The molecule has 0 amide bonds. The molecule has 0 fully saturated rings. The van der Waals surface area contributed by atoms with Crippen LogP contribution in [0, 0.1) is 0 Å². The van der Waals surface area contributed by atoms with E-state index in [1.807, 2.05) is 13.0 Å². The Morgan fingerprint density at radius 3 is 3.00 bits per heavy atom. The molecule has 2 heterocycles. The Kier molecular flexibility index (Phi) is 2.37. The molecule has 0 saturated heterocycles. The number of pyridine rings is 1. The average molecular weight is 207 g/mol. The molecule has 0 spiro atoms. The maximum absolute atomic E-state index is 9.31. The molecule has 1 unspecified atom stereocenters. The van der Waals surface area contributed by atoms with Crippen LogP contribution in [0.3, 0.4) is 0 Å². The lowest BCUT2D eigenvalue weighted by atomic mass is 9.84. The zero-order valence-corrected chi connectivity index (χ0v) is 8.44. The van der Waals surface area contributed by atoms with Crippen LogP contribution in [0.2, 0.25) is 0 Å². The van der Waals surface area contributed by atoms with Crippen molar-refractivity contribution in [1.82, 2.24) is 20.4 Å². The highest BCUT2D eigenvalue weighted by molar-refractivity contribution is 5.69. The van der Waals surface area contributed by atoms with Crippen LogP contribution in [-0.4, -0.2) is 38.7 Å². The Labute approximate surface area is 86.5 Å². The van der Waals surface area contributed by atoms with E-state index in [-0.39, 0.29) is 6.61 Å². The van der Waals surface area contributed by atoms with Crippen molar-refractivity contribution in [2.45, 2.75) is 12.3 Å². The standard InChI is InChI=1S/C9H13N5O/c1-9(4-10,5-15)6-2-7-8(11-3-6)13-14-12-7/h2-3,15H,4-5,10H2,1H3,(H,11,12,13,14). The van der Waals surface area contributed by atoms with Gasteiger partial charge in [-0.1, -0.05) is 6.92 Å².